The van der Waals surface area contributed by atoms with Crippen molar-refractivity contribution < 1.29 is 63.0 Å². The third-order valence-electron chi connectivity index (χ3n) is 13.8. The molecule has 0 unspecified atom stereocenters. The molecular weight excluding hydrogens is 616 g/mol. The number of esters is 4. The first-order chi connectivity index (χ1) is 21.7. The molecule has 3 N–H and O–H groups in total. The molecule has 13 nitrogen and oxygen atoms in total. The van der Waals surface area contributed by atoms with E-state index in [2.05, 4.69) is 0 Å². The molecule has 2 heterocycles. The molecule has 0 bridgehead atoms. The van der Waals surface area contributed by atoms with Gasteiger partial charge < -0.3 is 39.0 Å². The van der Waals surface area contributed by atoms with E-state index >= 15 is 0 Å². The molecule has 4 saturated carbocycles. The molecule has 2 saturated heterocycles. The molecule has 18 atom stereocenters. The van der Waals surface area contributed by atoms with Crippen LogP contribution in [0.15, 0.2) is 11.8 Å². The summed E-state index contributed by atoms with van der Waals surface area (Å²) in [5, 5.41) is 36.5. The summed E-state index contributed by atoms with van der Waals surface area (Å²) in [6.45, 7) is 12.1. The smallest absolute Gasteiger partial charge is 0.343 e. The van der Waals surface area contributed by atoms with Gasteiger partial charge in [0.1, 0.15) is 36.3 Å². The van der Waals surface area contributed by atoms with E-state index in [-0.39, 0.29) is 18.3 Å². The van der Waals surface area contributed by atoms with E-state index in [0.29, 0.717) is 0 Å². The van der Waals surface area contributed by atoms with Crippen LogP contribution in [0.2, 0.25) is 0 Å². The highest BCUT2D eigenvalue weighted by Gasteiger charge is 2.83. The lowest BCUT2D eigenvalue weighted by atomic mass is 9.41. The van der Waals surface area contributed by atoms with E-state index in [9.17, 15) is 39.3 Å². The number of carbonyl (C=O) groups excluding carboxylic acids is 5. The van der Waals surface area contributed by atoms with Crippen molar-refractivity contribution in [1.29, 1.82) is 0 Å². The highest BCUT2D eigenvalue weighted by molar-refractivity contribution is 5.88. The van der Waals surface area contributed by atoms with Crippen molar-refractivity contribution >= 4 is 29.7 Å². The fraction of sp³-hybridized carbons (Fsp3) is 0.794. The van der Waals surface area contributed by atoms with Crippen molar-refractivity contribution in [2.75, 3.05) is 0 Å². The number of aliphatic hydroxyl groups excluding tert-OH is 2. The minimum absolute atomic E-state index is 0.216. The monoisotopic (exact) mass is 660 g/mol. The second-order valence-corrected chi connectivity index (χ2v) is 15.9. The molecule has 0 aromatic carbocycles. The normalized spacial score (nSPS) is 55.1. The van der Waals surface area contributed by atoms with Gasteiger partial charge in [-0.15, -0.1) is 0 Å². The topological polar surface area (TPSA) is 195 Å². The number of carbonyl (C=O) groups is 5. The van der Waals surface area contributed by atoms with Gasteiger partial charge in [-0.3, -0.25) is 19.2 Å². The second-order valence-electron chi connectivity index (χ2n) is 15.9. The quantitative estimate of drug-likeness (QED) is 0.219. The first-order valence-corrected chi connectivity index (χ1v) is 16.5. The number of rotatable bonds is 3. The molecule has 47 heavy (non-hydrogen) atoms. The summed E-state index contributed by atoms with van der Waals surface area (Å²) in [7, 11) is 0. The zero-order valence-corrected chi connectivity index (χ0v) is 27.8. The number of hydrogen-bond donors (Lipinski definition) is 3. The van der Waals surface area contributed by atoms with E-state index < -0.39 is 130 Å². The molecule has 0 spiro atoms. The van der Waals surface area contributed by atoms with Gasteiger partial charge >= 0.3 is 23.9 Å². The highest BCUT2D eigenvalue weighted by atomic mass is 16.6. The van der Waals surface area contributed by atoms with Crippen LogP contribution in [-0.4, -0.2) is 93.3 Å². The number of aliphatic hydroxyl groups is 3. The average Bonchev–Trinajstić information content (AvgIpc) is 3.65. The van der Waals surface area contributed by atoms with E-state index in [1.165, 1.54) is 27.7 Å². The van der Waals surface area contributed by atoms with Crippen molar-refractivity contribution in [3.8, 4) is 0 Å². The second kappa shape index (κ2) is 9.86. The van der Waals surface area contributed by atoms with Crippen LogP contribution in [0, 0.1) is 57.7 Å². The van der Waals surface area contributed by atoms with Crippen LogP contribution in [0.25, 0.3) is 0 Å². The number of ether oxygens (including phenoxy) is 5. The van der Waals surface area contributed by atoms with Crippen molar-refractivity contribution in [3.63, 3.8) is 0 Å². The third kappa shape index (κ3) is 3.82. The Labute approximate surface area is 272 Å². The lowest BCUT2D eigenvalue weighted by molar-refractivity contribution is -0.268. The maximum Gasteiger partial charge on any atom is 0.343 e. The SMILES string of the molecule is CC(=O)O[C@@H]1[C@H]2[C@H]3[C@H]([C@@H](O)[C@H](OC(C)=O)[C@]2(C)[C@@H]2[C@@H]1[C@]1(C)C(=C[C@H]2C)OC(=O)[C@@]1(C)O)[C@]1(C)[C@H](C[C@@H]2O[C@@H]2[C@@H]1OC(C)=O)C(=O)[C@@H]3O. The molecule has 2 aliphatic heterocycles. The van der Waals surface area contributed by atoms with Crippen LogP contribution in [0.3, 0.4) is 0 Å². The summed E-state index contributed by atoms with van der Waals surface area (Å²) in [6, 6.07) is 0. The Balaban J connectivity index is 1.49. The van der Waals surface area contributed by atoms with Crippen molar-refractivity contribution in [3.05, 3.63) is 11.8 Å². The Morgan fingerprint density at radius 1 is 0.851 bits per heavy atom. The van der Waals surface area contributed by atoms with Gasteiger partial charge in [-0.05, 0) is 38.2 Å². The number of allylic oxidation sites excluding steroid dienone is 1. The molecule has 7 rings (SSSR count). The van der Waals surface area contributed by atoms with E-state index in [1.54, 1.807) is 26.8 Å². The van der Waals surface area contributed by atoms with Crippen LogP contribution < -0.4 is 0 Å². The van der Waals surface area contributed by atoms with Crippen LogP contribution in [0.4, 0.5) is 0 Å². The zero-order valence-electron chi connectivity index (χ0n) is 27.8. The van der Waals surface area contributed by atoms with Gasteiger partial charge in [-0.2, -0.15) is 0 Å². The Kier molecular flexibility index (Phi) is 6.85. The summed E-state index contributed by atoms with van der Waals surface area (Å²) in [5.74, 6) is -8.91. The lowest BCUT2D eigenvalue weighted by Crippen LogP contribution is -2.74. The van der Waals surface area contributed by atoms with Gasteiger partial charge in [-0.25, -0.2) is 4.79 Å². The summed E-state index contributed by atoms with van der Waals surface area (Å²) >= 11 is 0. The first-order valence-electron chi connectivity index (χ1n) is 16.5. The van der Waals surface area contributed by atoms with Gasteiger partial charge in [0.15, 0.2) is 11.4 Å². The summed E-state index contributed by atoms with van der Waals surface area (Å²) in [5.41, 5.74) is -6.08. The van der Waals surface area contributed by atoms with Gasteiger partial charge in [0.2, 0.25) is 0 Å². The molecule has 13 heteroatoms. The number of Topliss-reactive ketones (excluding diaryl/α,β-unsaturated/α-hetero) is 1. The van der Waals surface area contributed by atoms with Crippen LogP contribution >= 0.6 is 0 Å². The van der Waals surface area contributed by atoms with Gasteiger partial charge in [-0.1, -0.05) is 20.8 Å². The molecule has 0 radical (unpaired) electrons. The van der Waals surface area contributed by atoms with Crippen molar-refractivity contribution in [2.45, 2.75) is 110 Å². The van der Waals surface area contributed by atoms with Crippen LogP contribution in [-0.2, 0) is 47.7 Å². The third-order valence-corrected chi connectivity index (χ3v) is 13.8. The fourth-order valence-corrected chi connectivity index (χ4v) is 11.9. The number of epoxide rings is 1. The predicted octanol–water partition coefficient (Wildman–Crippen LogP) is 0.842. The van der Waals surface area contributed by atoms with E-state index in [0.717, 1.165) is 0 Å². The minimum atomic E-state index is -2.07. The Morgan fingerprint density at radius 3 is 2.04 bits per heavy atom. The maximum atomic E-state index is 14.3. The average molecular weight is 661 g/mol. The van der Waals surface area contributed by atoms with Gasteiger partial charge in [0, 0.05) is 61.2 Å². The van der Waals surface area contributed by atoms with Crippen LogP contribution in [0.5, 0.6) is 0 Å². The standard InChI is InChI=1S/C34H44O13/c1-11-9-17-33(7,34(8,42)30(41)47-17)22-19(11)32(6)21(27(22)43-12(2)35)18-20(25(40)28(32)44-13(3)36)31(5)15(23(38)24(18)39)10-16-26(46-16)29(31)45-14(4)37/h9,11,15-16,18-22,24-29,39-40,42H,10H2,1-8H3/t11-,15-,16+,18-,19+,20-,21-,22+,24-,25-,26+,27-,28+,29+,31+,32-,33+,34-/m1/s1. The maximum absolute atomic E-state index is 14.3. The first kappa shape index (κ1) is 32.7. The van der Waals surface area contributed by atoms with Gasteiger partial charge in [0.25, 0.3) is 0 Å². The minimum Gasteiger partial charge on any atom is -0.462 e. The highest BCUT2D eigenvalue weighted by Crippen LogP contribution is 2.75. The fourth-order valence-electron chi connectivity index (χ4n) is 11.9. The summed E-state index contributed by atoms with van der Waals surface area (Å²) in [6.07, 6.45) is -5.38. The van der Waals surface area contributed by atoms with E-state index in [4.69, 9.17) is 23.7 Å². The zero-order chi connectivity index (χ0) is 34.5. The molecule has 0 aromatic rings. The predicted molar refractivity (Wildman–Crippen MR) is 156 cm³/mol. The molecule has 0 aromatic heterocycles. The molecule has 5 aliphatic carbocycles. The largest absolute Gasteiger partial charge is 0.462 e. The Hall–Kier alpha value is -2.87. The molecular formula is C34H44O13. The van der Waals surface area contributed by atoms with Crippen LogP contribution in [0.1, 0.15) is 61.8 Å². The number of hydrogen-bond acceptors (Lipinski definition) is 13. The summed E-state index contributed by atoms with van der Waals surface area (Å²) in [4.78, 5) is 65.8. The number of fused-ring (bicyclic) bond motifs is 10. The van der Waals surface area contributed by atoms with Gasteiger partial charge in [0.05, 0.1) is 17.6 Å². The lowest BCUT2D eigenvalue weighted by Gasteiger charge is -2.64. The molecule has 258 valence electrons. The number of ketones is 1. The Bertz CT molecular complexity index is 1500. The molecule has 0 amide bonds. The summed E-state index contributed by atoms with van der Waals surface area (Å²) < 4.78 is 29.6. The molecule has 7 aliphatic rings. The molecule has 6 fully saturated rings. The van der Waals surface area contributed by atoms with Crippen molar-refractivity contribution in [1.82, 2.24) is 0 Å². The van der Waals surface area contributed by atoms with Crippen molar-refractivity contribution in [2.24, 2.45) is 57.7 Å². The van der Waals surface area contributed by atoms with E-state index in [1.807, 2.05) is 6.92 Å². The Morgan fingerprint density at radius 2 is 1.45 bits per heavy atom.